The monoisotopic (exact) mass is 444 g/mol. The first-order valence-corrected chi connectivity index (χ1v) is 11.3. The molecular weight excluding hydrogens is 423 g/mol. The van der Waals surface area contributed by atoms with Crippen molar-refractivity contribution in [1.29, 1.82) is 0 Å². The van der Waals surface area contributed by atoms with Crippen molar-refractivity contribution in [3.8, 4) is 21.6 Å². The van der Waals surface area contributed by atoms with Crippen LogP contribution in [0.4, 0.5) is 5.00 Å². The van der Waals surface area contributed by atoms with E-state index in [-0.39, 0.29) is 11.9 Å². The number of benzene rings is 2. The molecule has 0 saturated heterocycles. The highest BCUT2D eigenvalue weighted by Gasteiger charge is 2.26. The molecule has 0 unspecified atom stereocenters. The highest BCUT2D eigenvalue weighted by atomic mass is 35.5. The number of hydrogen-bond acceptors (Lipinski definition) is 3. The van der Waals surface area contributed by atoms with Gasteiger partial charge in [-0.15, -0.1) is 11.3 Å². The van der Waals surface area contributed by atoms with Crippen LogP contribution in [0.1, 0.15) is 42.5 Å². The lowest BCUT2D eigenvalue weighted by Gasteiger charge is -2.23. The fraction of sp³-hybridized carbons (Fsp3) is 0.261. The smallest absolute Gasteiger partial charge is 0.255 e. The van der Waals surface area contributed by atoms with Crippen LogP contribution in [0.25, 0.3) is 21.6 Å². The van der Waals surface area contributed by atoms with Crippen molar-refractivity contribution in [2.45, 2.75) is 38.1 Å². The summed E-state index contributed by atoms with van der Waals surface area (Å²) in [4.78, 5) is 14.2. The fourth-order valence-electron chi connectivity index (χ4n) is 3.88. The lowest BCUT2D eigenvalue weighted by atomic mass is 9.94. The van der Waals surface area contributed by atoms with E-state index in [1.165, 1.54) is 17.8 Å². The fourth-order valence-corrected chi connectivity index (χ4v) is 5.22. The summed E-state index contributed by atoms with van der Waals surface area (Å²) in [5, 5.41) is 5.05. The van der Waals surface area contributed by atoms with Gasteiger partial charge in [-0.1, -0.05) is 66.7 Å². The van der Waals surface area contributed by atoms with Crippen LogP contribution in [0, 0.1) is 0 Å². The van der Waals surface area contributed by atoms with E-state index in [9.17, 15) is 4.79 Å². The number of anilines is 1. The third-order valence-electron chi connectivity index (χ3n) is 5.34. The van der Waals surface area contributed by atoms with Gasteiger partial charge < -0.3 is 11.1 Å². The van der Waals surface area contributed by atoms with Crippen molar-refractivity contribution in [3.05, 3.63) is 64.1 Å². The number of nitrogens with one attached hydrogen (secondary N) is 1. The highest BCUT2D eigenvalue weighted by Crippen LogP contribution is 2.45. The number of carbonyl (C=O) groups is 1. The quantitative estimate of drug-likeness (QED) is 0.453. The molecule has 3 aromatic rings. The maximum atomic E-state index is 13.3. The van der Waals surface area contributed by atoms with Gasteiger partial charge in [-0.25, -0.2) is 0 Å². The van der Waals surface area contributed by atoms with Gasteiger partial charge in [0, 0.05) is 26.5 Å². The molecule has 29 heavy (non-hydrogen) atoms. The van der Waals surface area contributed by atoms with Crippen molar-refractivity contribution in [2.75, 3.05) is 5.73 Å². The van der Waals surface area contributed by atoms with Gasteiger partial charge in [0.25, 0.3) is 5.91 Å². The lowest BCUT2D eigenvalue weighted by molar-refractivity contribution is 0.0929. The molecule has 1 fully saturated rings. The van der Waals surface area contributed by atoms with Gasteiger partial charge in [-0.05, 0) is 48.2 Å². The van der Waals surface area contributed by atoms with Crippen LogP contribution >= 0.6 is 34.5 Å². The van der Waals surface area contributed by atoms with Crippen molar-refractivity contribution < 1.29 is 4.79 Å². The summed E-state index contributed by atoms with van der Waals surface area (Å²) in [5.41, 5.74) is 9.68. The highest BCUT2D eigenvalue weighted by molar-refractivity contribution is 7.20. The molecule has 4 rings (SSSR count). The van der Waals surface area contributed by atoms with E-state index in [2.05, 4.69) is 5.32 Å². The Morgan fingerprint density at radius 1 is 0.897 bits per heavy atom. The predicted molar refractivity (Wildman–Crippen MR) is 124 cm³/mol. The minimum absolute atomic E-state index is 0.101. The van der Waals surface area contributed by atoms with Crippen molar-refractivity contribution in [1.82, 2.24) is 5.32 Å². The van der Waals surface area contributed by atoms with E-state index in [4.69, 9.17) is 28.9 Å². The van der Waals surface area contributed by atoms with Gasteiger partial charge in [0.1, 0.15) is 0 Å². The number of hydrogen-bond donors (Lipinski definition) is 2. The molecule has 2 aromatic carbocycles. The SMILES string of the molecule is Nc1sc(-c2ccc(Cl)cc2)c(-c2ccc(Cl)cc2)c1C(=O)NC1CCCCC1. The molecule has 1 aliphatic rings. The Labute approximate surface area is 184 Å². The molecule has 1 aromatic heterocycles. The minimum Gasteiger partial charge on any atom is -0.390 e. The molecule has 0 spiro atoms. The minimum atomic E-state index is -0.101. The van der Waals surface area contributed by atoms with Crippen LogP contribution < -0.4 is 11.1 Å². The average Bonchev–Trinajstić information content (AvgIpc) is 3.07. The van der Waals surface area contributed by atoms with Crippen LogP contribution in [-0.2, 0) is 0 Å². The Morgan fingerprint density at radius 2 is 1.45 bits per heavy atom. The molecule has 1 aliphatic carbocycles. The Kier molecular flexibility index (Phi) is 6.14. The molecule has 1 amide bonds. The van der Waals surface area contributed by atoms with E-state index >= 15 is 0 Å². The molecule has 6 heteroatoms. The Hall–Kier alpha value is -2.01. The number of halogens is 2. The number of nitrogens with two attached hydrogens (primary N) is 1. The number of nitrogen functional groups attached to an aromatic ring is 1. The molecule has 150 valence electrons. The van der Waals surface area contributed by atoms with E-state index in [0.717, 1.165) is 47.3 Å². The summed E-state index contributed by atoms with van der Waals surface area (Å²) >= 11 is 13.6. The third-order valence-corrected chi connectivity index (χ3v) is 6.91. The topological polar surface area (TPSA) is 55.1 Å². The molecule has 0 aliphatic heterocycles. The molecule has 3 N–H and O–H groups in total. The van der Waals surface area contributed by atoms with Crippen LogP contribution in [0.3, 0.4) is 0 Å². The standard InChI is InChI=1S/C23H22Cl2N2OS/c24-16-10-6-14(7-11-16)19-20(23(28)27-18-4-2-1-3-5-18)22(26)29-21(19)15-8-12-17(25)13-9-15/h6-13,18H,1-5,26H2,(H,27,28). The first-order valence-electron chi connectivity index (χ1n) is 9.78. The maximum Gasteiger partial charge on any atom is 0.255 e. The van der Waals surface area contributed by atoms with Crippen LogP contribution in [0.15, 0.2) is 48.5 Å². The summed E-state index contributed by atoms with van der Waals surface area (Å²) in [6.45, 7) is 0. The second-order valence-electron chi connectivity index (χ2n) is 7.37. The van der Waals surface area contributed by atoms with Crippen LogP contribution in [-0.4, -0.2) is 11.9 Å². The Balaban J connectivity index is 1.80. The van der Waals surface area contributed by atoms with Gasteiger partial charge in [0.15, 0.2) is 0 Å². The number of rotatable bonds is 4. The van der Waals surface area contributed by atoms with Gasteiger partial charge in [0.05, 0.1) is 10.6 Å². The number of amides is 1. The zero-order valence-corrected chi connectivity index (χ0v) is 18.2. The van der Waals surface area contributed by atoms with Crippen molar-refractivity contribution in [3.63, 3.8) is 0 Å². The summed E-state index contributed by atoms with van der Waals surface area (Å²) in [6.07, 6.45) is 5.60. The Morgan fingerprint density at radius 3 is 2.03 bits per heavy atom. The van der Waals surface area contributed by atoms with Crippen molar-refractivity contribution >= 4 is 45.4 Å². The van der Waals surface area contributed by atoms with Gasteiger partial charge >= 0.3 is 0 Å². The molecule has 0 atom stereocenters. The molecule has 0 radical (unpaired) electrons. The first-order chi connectivity index (χ1) is 14.0. The third kappa shape index (κ3) is 4.45. The molecular formula is C23H22Cl2N2OS. The van der Waals surface area contributed by atoms with Crippen LogP contribution in [0.5, 0.6) is 0 Å². The zero-order chi connectivity index (χ0) is 20.4. The van der Waals surface area contributed by atoms with E-state index in [1.807, 2.05) is 48.5 Å². The summed E-state index contributed by atoms with van der Waals surface area (Å²) in [7, 11) is 0. The van der Waals surface area contributed by atoms with Crippen LogP contribution in [0.2, 0.25) is 10.0 Å². The zero-order valence-electron chi connectivity index (χ0n) is 15.9. The molecule has 1 heterocycles. The van der Waals surface area contributed by atoms with Gasteiger partial charge in [-0.3, -0.25) is 4.79 Å². The molecule has 0 bridgehead atoms. The Bertz CT molecular complexity index is 1010. The van der Waals surface area contributed by atoms with Gasteiger partial charge in [-0.2, -0.15) is 0 Å². The van der Waals surface area contributed by atoms with Crippen molar-refractivity contribution in [2.24, 2.45) is 0 Å². The largest absolute Gasteiger partial charge is 0.390 e. The molecule has 1 saturated carbocycles. The molecule has 3 nitrogen and oxygen atoms in total. The predicted octanol–water partition coefficient (Wildman–Crippen LogP) is 7.03. The summed E-state index contributed by atoms with van der Waals surface area (Å²) in [6, 6.07) is 15.3. The first kappa shape index (κ1) is 20.3. The second-order valence-corrected chi connectivity index (χ2v) is 9.29. The average molecular weight is 445 g/mol. The summed E-state index contributed by atoms with van der Waals surface area (Å²) in [5.74, 6) is -0.101. The lowest BCUT2D eigenvalue weighted by Crippen LogP contribution is -2.36. The van der Waals surface area contributed by atoms with E-state index < -0.39 is 0 Å². The van der Waals surface area contributed by atoms with E-state index in [0.29, 0.717) is 20.6 Å². The van der Waals surface area contributed by atoms with Gasteiger partial charge in [0.2, 0.25) is 0 Å². The number of carbonyl (C=O) groups excluding carboxylic acids is 1. The maximum absolute atomic E-state index is 13.3. The second kappa shape index (κ2) is 8.78. The summed E-state index contributed by atoms with van der Waals surface area (Å²) < 4.78 is 0. The van der Waals surface area contributed by atoms with E-state index in [1.54, 1.807) is 0 Å². The number of thiophene rings is 1. The normalized spacial score (nSPS) is 14.7.